The van der Waals surface area contributed by atoms with E-state index in [0.29, 0.717) is 41.4 Å². The zero-order valence-electron chi connectivity index (χ0n) is 19.5. The summed E-state index contributed by atoms with van der Waals surface area (Å²) in [6.07, 6.45) is 0.522. The minimum atomic E-state index is -0.852. The predicted molar refractivity (Wildman–Crippen MR) is 123 cm³/mol. The summed E-state index contributed by atoms with van der Waals surface area (Å²) < 4.78 is 21.4. The Kier molecular flexibility index (Phi) is 7.60. The van der Waals surface area contributed by atoms with Gasteiger partial charge in [0.25, 0.3) is 11.7 Å². The molecule has 1 heterocycles. The van der Waals surface area contributed by atoms with Crippen LogP contribution in [0.3, 0.4) is 0 Å². The van der Waals surface area contributed by atoms with Crippen molar-refractivity contribution in [1.29, 1.82) is 0 Å². The number of hydrogen-bond acceptors (Lipinski definition) is 7. The average Bonchev–Trinajstić information content (AvgIpc) is 3.07. The SMILES string of the molecule is COCCCN1C(=O)C(=O)C(=C(O)c2ccc(OC)c(C)c2)[C@H]1c1cccc(OC)c1OC. The molecule has 0 radical (unpaired) electrons. The molecule has 3 rings (SSSR count). The highest BCUT2D eigenvalue weighted by molar-refractivity contribution is 6.46. The second-order valence-corrected chi connectivity index (χ2v) is 7.61. The second-order valence-electron chi connectivity index (χ2n) is 7.61. The van der Waals surface area contributed by atoms with Crippen LogP contribution in [0.1, 0.15) is 29.2 Å². The Balaban J connectivity index is 2.22. The Bertz CT molecular complexity index is 1080. The van der Waals surface area contributed by atoms with Crippen molar-refractivity contribution in [2.75, 3.05) is 41.6 Å². The summed E-state index contributed by atoms with van der Waals surface area (Å²) in [7, 11) is 6.13. The molecule has 1 fully saturated rings. The topological polar surface area (TPSA) is 94.5 Å². The molecule has 1 atom stereocenters. The summed E-state index contributed by atoms with van der Waals surface area (Å²) in [5, 5.41) is 11.3. The normalized spacial score (nSPS) is 17.4. The quantitative estimate of drug-likeness (QED) is 0.268. The predicted octanol–water partition coefficient (Wildman–Crippen LogP) is 3.48. The molecule has 176 valence electrons. The molecule has 2 aromatic carbocycles. The van der Waals surface area contributed by atoms with Gasteiger partial charge in [-0.05, 0) is 43.2 Å². The smallest absolute Gasteiger partial charge is 0.295 e. The number of ketones is 1. The number of aryl methyl sites for hydroxylation is 1. The molecule has 0 bridgehead atoms. The fourth-order valence-electron chi connectivity index (χ4n) is 4.12. The van der Waals surface area contributed by atoms with Gasteiger partial charge in [0.15, 0.2) is 11.5 Å². The van der Waals surface area contributed by atoms with Crippen LogP contribution in [0, 0.1) is 6.92 Å². The number of nitrogens with zero attached hydrogens (tertiary/aromatic N) is 1. The number of carbonyl (C=O) groups is 2. The van der Waals surface area contributed by atoms with Crippen molar-refractivity contribution < 1.29 is 33.6 Å². The third-order valence-corrected chi connectivity index (χ3v) is 5.68. The highest BCUT2D eigenvalue weighted by atomic mass is 16.5. The fourth-order valence-corrected chi connectivity index (χ4v) is 4.12. The number of aliphatic hydroxyl groups is 1. The van der Waals surface area contributed by atoms with E-state index in [9.17, 15) is 14.7 Å². The van der Waals surface area contributed by atoms with Gasteiger partial charge in [0, 0.05) is 31.4 Å². The molecule has 1 aliphatic heterocycles. The zero-order chi connectivity index (χ0) is 24.1. The molecule has 1 N–H and O–H groups in total. The average molecular weight is 456 g/mol. The molecule has 0 saturated carbocycles. The lowest BCUT2D eigenvalue weighted by atomic mass is 9.94. The summed E-state index contributed by atoms with van der Waals surface area (Å²) >= 11 is 0. The monoisotopic (exact) mass is 455 g/mol. The Hall–Kier alpha value is -3.52. The van der Waals surface area contributed by atoms with Gasteiger partial charge in [0.2, 0.25) is 0 Å². The van der Waals surface area contributed by atoms with Crippen molar-refractivity contribution in [3.63, 3.8) is 0 Å². The molecule has 0 aliphatic carbocycles. The number of likely N-dealkylation sites (tertiary alicyclic amines) is 1. The lowest BCUT2D eigenvalue weighted by Crippen LogP contribution is -2.31. The van der Waals surface area contributed by atoms with Crippen LogP contribution >= 0.6 is 0 Å². The number of carbonyl (C=O) groups excluding carboxylic acids is 2. The van der Waals surface area contributed by atoms with Crippen molar-refractivity contribution >= 4 is 17.4 Å². The van der Waals surface area contributed by atoms with E-state index in [4.69, 9.17) is 18.9 Å². The molecule has 0 unspecified atom stereocenters. The van der Waals surface area contributed by atoms with E-state index in [1.165, 1.54) is 19.1 Å². The molecule has 1 aliphatic rings. The number of para-hydroxylation sites is 1. The standard InChI is InChI=1S/C25H29NO7/c1-15-14-16(10-11-18(15)31-3)22(27)20-21(17-8-6-9-19(32-4)24(17)33-5)26(12-7-13-30-2)25(29)23(20)28/h6,8-11,14,21,27H,7,12-13H2,1-5H3/t21-/m1/s1. The third-order valence-electron chi connectivity index (χ3n) is 5.68. The number of hydrogen-bond donors (Lipinski definition) is 1. The van der Waals surface area contributed by atoms with Gasteiger partial charge < -0.3 is 29.0 Å². The highest BCUT2D eigenvalue weighted by Gasteiger charge is 2.47. The summed E-state index contributed by atoms with van der Waals surface area (Å²) in [4.78, 5) is 27.7. The first kappa shape index (κ1) is 24.1. The van der Waals surface area contributed by atoms with E-state index in [0.717, 1.165) is 5.56 Å². The number of Topliss-reactive ketones (excluding diaryl/α,β-unsaturated/α-hetero) is 1. The molecule has 0 spiro atoms. The summed E-state index contributed by atoms with van der Waals surface area (Å²) in [5.74, 6) is -0.208. The van der Waals surface area contributed by atoms with Crippen LogP contribution in [-0.2, 0) is 14.3 Å². The van der Waals surface area contributed by atoms with Gasteiger partial charge in [0.05, 0.1) is 32.9 Å². The Labute approximate surface area is 193 Å². The largest absolute Gasteiger partial charge is 0.507 e. The molecule has 1 amide bonds. The van der Waals surface area contributed by atoms with E-state index < -0.39 is 17.7 Å². The van der Waals surface area contributed by atoms with Crippen molar-refractivity contribution in [1.82, 2.24) is 4.90 Å². The fraction of sp³-hybridized carbons (Fsp3) is 0.360. The zero-order valence-corrected chi connectivity index (χ0v) is 19.5. The molecule has 0 aromatic heterocycles. The van der Waals surface area contributed by atoms with Crippen LogP contribution < -0.4 is 14.2 Å². The minimum Gasteiger partial charge on any atom is -0.507 e. The van der Waals surface area contributed by atoms with E-state index in [1.54, 1.807) is 50.6 Å². The van der Waals surface area contributed by atoms with E-state index in [1.807, 2.05) is 6.92 Å². The first-order chi connectivity index (χ1) is 15.9. The molecular weight excluding hydrogens is 426 g/mol. The number of rotatable bonds is 9. The second kappa shape index (κ2) is 10.4. The summed E-state index contributed by atoms with van der Waals surface area (Å²) in [5.41, 5.74) is 1.73. The molecular formula is C25H29NO7. The first-order valence-corrected chi connectivity index (χ1v) is 10.5. The number of ether oxygens (including phenoxy) is 4. The van der Waals surface area contributed by atoms with Crippen LogP contribution in [0.4, 0.5) is 0 Å². The number of methoxy groups -OCH3 is 4. The lowest BCUT2D eigenvalue weighted by molar-refractivity contribution is -0.140. The highest BCUT2D eigenvalue weighted by Crippen LogP contribution is 2.45. The van der Waals surface area contributed by atoms with Gasteiger partial charge in [0.1, 0.15) is 11.5 Å². The van der Waals surface area contributed by atoms with Crippen LogP contribution in [0.2, 0.25) is 0 Å². The number of aliphatic hydroxyl groups excluding tert-OH is 1. The molecule has 2 aromatic rings. The van der Waals surface area contributed by atoms with Gasteiger partial charge in [-0.3, -0.25) is 9.59 Å². The minimum absolute atomic E-state index is 0.00598. The van der Waals surface area contributed by atoms with Crippen LogP contribution in [0.15, 0.2) is 42.0 Å². The van der Waals surface area contributed by atoms with Gasteiger partial charge in [-0.2, -0.15) is 0 Å². The van der Waals surface area contributed by atoms with Gasteiger partial charge in [-0.1, -0.05) is 12.1 Å². The maximum atomic E-state index is 13.2. The van der Waals surface area contributed by atoms with Crippen molar-refractivity contribution in [2.45, 2.75) is 19.4 Å². The van der Waals surface area contributed by atoms with Gasteiger partial charge in [-0.15, -0.1) is 0 Å². The number of amides is 1. The Morgan fingerprint density at radius 3 is 2.33 bits per heavy atom. The Morgan fingerprint density at radius 1 is 1.00 bits per heavy atom. The van der Waals surface area contributed by atoms with Crippen LogP contribution in [0.25, 0.3) is 5.76 Å². The van der Waals surface area contributed by atoms with Crippen molar-refractivity contribution in [3.05, 3.63) is 58.7 Å². The lowest BCUT2D eigenvalue weighted by Gasteiger charge is -2.27. The van der Waals surface area contributed by atoms with Crippen molar-refractivity contribution in [2.24, 2.45) is 0 Å². The molecule has 33 heavy (non-hydrogen) atoms. The maximum Gasteiger partial charge on any atom is 0.295 e. The van der Waals surface area contributed by atoms with Crippen LogP contribution in [-0.4, -0.2) is 63.3 Å². The van der Waals surface area contributed by atoms with Crippen molar-refractivity contribution in [3.8, 4) is 17.2 Å². The van der Waals surface area contributed by atoms with E-state index in [-0.39, 0.29) is 17.9 Å². The molecule has 8 nitrogen and oxygen atoms in total. The molecule has 1 saturated heterocycles. The van der Waals surface area contributed by atoms with E-state index >= 15 is 0 Å². The Morgan fingerprint density at radius 2 is 1.73 bits per heavy atom. The number of benzene rings is 2. The van der Waals surface area contributed by atoms with Gasteiger partial charge in [-0.25, -0.2) is 0 Å². The first-order valence-electron chi connectivity index (χ1n) is 10.5. The molecule has 8 heteroatoms. The third kappa shape index (κ3) is 4.52. The van der Waals surface area contributed by atoms with E-state index in [2.05, 4.69) is 0 Å². The summed E-state index contributed by atoms with van der Waals surface area (Å²) in [6.45, 7) is 2.52. The summed E-state index contributed by atoms with van der Waals surface area (Å²) in [6, 6.07) is 9.46. The van der Waals surface area contributed by atoms with Crippen LogP contribution in [0.5, 0.6) is 17.2 Å². The van der Waals surface area contributed by atoms with Gasteiger partial charge >= 0.3 is 0 Å². The maximum absolute atomic E-state index is 13.2.